The van der Waals surface area contributed by atoms with Gasteiger partial charge in [0.2, 0.25) is 10.0 Å². The molecule has 4 N–H and O–H groups in total. The molecule has 0 saturated heterocycles. The van der Waals surface area contributed by atoms with E-state index in [1.165, 1.54) is 0 Å². The van der Waals surface area contributed by atoms with E-state index in [9.17, 15) is 8.42 Å². The van der Waals surface area contributed by atoms with Crippen LogP contribution in [-0.2, 0) is 40.1 Å². The molecule has 0 aromatic rings. The summed E-state index contributed by atoms with van der Waals surface area (Å²) in [4.78, 5) is 0. The van der Waals surface area contributed by atoms with E-state index in [1.54, 1.807) is 6.92 Å². The number of nitrogens with one attached hydrogen (secondary N) is 4. The lowest BCUT2D eigenvalue weighted by Gasteiger charge is -2.38. The maximum atomic E-state index is 15.0. The second-order valence-corrected chi connectivity index (χ2v) is 25.9. The molecule has 66 heavy (non-hydrogen) atoms. The summed E-state index contributed by atoms with van der Waals surface area (Å²) in [6.07, 6.45) is 21.9. The number of hydrogen-bond acceptors (Lipinski definition) is 12. The highest BCUT2D eigenvalue weighted by Crippen LogP contribution is 2.40. The number of unbranched alkanes of at least 4 members (excludes halogenated alkanes) is 29. The third-order valence-corrected chi connectivity index (χ3v) is 22.9. The minimum atomic E-state index is -5.56. The van der Waals surface area contributed by atoms with Crippen LogP contribution in [0.4, 0.5) is 0 Å². The molecule has 0 radical (unpaired) electrons. The van der Waals surface area contributed by atoms with Crippen molar-refractivity contribution in [2.75, 3.05) is 26.2 Å². The Bertz CT molecular complexity index is 1720. The van der Waals surface area contributed by atoms with E-state index in [-0.39, 0.29) is 51.9 Å². The van der Waals surface area contributed by atoms with Gasteiger partial charge in [-0.3, -0.25) is 0 Å². The Morgan fingerprint density at radius 2 is 0.576 bits per heavy atom. The summed E-state index contributed by atoms with van der Waals surface area (Å²) in [6, 6.07) is 8.49. The SMILES string of the molecule is CCCCC(C(S(=O)(=O)NCCCCCCCCCC#N)(S(=O)(=O)NCCCCCCCCCC#N)S(=O)(=O)NCCCCCCCCCC#N)S(=O)(=O)NCCCCCCCCCC#N. The number of rotatable bonds is 48. The lowest BCUT2D eigenvalue weighted by molar-refractivity contribution is 0.492. The number of hydrogen-bond donors (Lipinski definition) is 4. The lowest BCUT2D eigenvalue weighted by Crippen LogP contribution is -2.71. The van der Waals surface area contributed by atoms with Crippen LogP contribution in [0.5, 0.6) is 0 Å². The average Bonchev–Trinajstić information content (AvgIpc) is 3.27. The molecule has 0 heterocycles. The van der Waals surface area contributed by atoms with Crippen LogP contribution in [0.3, 0.4) is 0 Å². The number of nitrogens with zero attached hydrogens (tertiary/aromatic N) is 4. The van der Waals surface area contributed by atoms with E-state index in [0.717, 1.165) is 128 Å². The van der Waals surface area contributed by atoms with Gasteiger partial charge in [-0.1, -0.05) is 148 Å². The molecule has 0 aromatic heterocycles. The van der Waals surface area contributed by atoms with Crippen LogP contribution in [0.25, 0.3) is 0 Å². The molecule has 1 unspecified atom stereocenters. The van der Waals surface area contributed by atoms with Gasteiger partial charge in [0.25, 0.3) is 30.1 Å². The topological polar surface area (TPSA) is 280 Å². The zero-order chi connectivity index (χ0) is 49.3. The first kappa shape index (κ1) is 63.6. The van der Waals surface area contributed by atoms with E-state index in [1.807, 2.05) is 0 Å². The second kappa shape index (κ2) is 39.4. The van der Waals surface area contributed by atoms with Crippen LogP contribution in [0, 0.1) is 45.3 Å². The smallest absolute Gasteiger partial charge is 0.215 e. The summed E-state index contributed by atoms with van der Waals surface area (Å²) in [7, 11) is -21.7. The monoisotopic (exact) mass is 1010 g/mol. The Hall–Kier alpha value is -2.40. The minimum absolute atomic E-state index is 0.0246. The fraction of sp³-hybridized carbons (Fsp3) is 0.913. The third kappa shape index (κ3) is 26.4. The van der Waals surface area contributed by atoms with Gasteiger partial charge in [-0.05, 0) is 57.8 Å². The van der Waals surface area contributed by atoms with Crippen molar-refractivity contribution < 1.29 is 33.7 Å². The Morgan fingerprint density at radius 1 is 0.348 bits per heavy atom. The summed E-state index contributed by atoms with van der Waals surface area (Å²) >= 11 is 0. The van der Waals surface area contributed by atoms with Crippen LogP contribution in [0.2, 0.25) is 0 Å². The maximum Gasteiger partial charge on any atom is 0.330 e. The van der Waals surface area contributed by atoms with Crippen molar-refractivity contribution in [2.24, 2.45) is 0 Å². The average molecular weight is 1010 g/mol. The molecular weight excluding hydrogens is 921 g/mol. The van der Waals surface area contributed by atoms with Crippen molar-refractivity contribution in [3.63, 3.8) is 0 Å². The van der Waals surface area contributed by atoms with Crippen molar-refractivity contribution in [2.45, 2.75) is 240 Å². The van der Waals surface area contributed by atoms with Crippen LogP contribution < -0.4 is 18.9 Å². The fourth-order valence-corrected chi connectivity index (χ4v) is 19.5. The highest BCUT2D eigenvalue weighted by atomic mass is 32.3. The predicted molar refractivity (Wildman–Crippen MR) is 264 cm³/mol. The predicted octanol–water partition coefficient (Wildman–Crippen LogP) is 9.45. The molecule has 0 rings (SSSR count). The molecule has 0 aliphatic rings. The molecule has 16 nitrogen and oxygen atoms in total. The fourth-order valence-electron chi connectivity index (χ4n) is 7.95. The van der Waals surface area contributed by atoms with Gasteiger partial charge < -0.3 is 0 Å². The van der Waals surface area contributed by atoms with E-state index >= 15 is 25.3 Å². The largest absolute Gasteiger partial charge is 0.330 e. The zero-order valence-electron chi connectivity index (χ0n) is 40.3. The maximum absolute atomic E-state index is 15.0. The van der Waals surface area contributed by atoms with Crippen molar-refractivity contribution in [3.8, 4) is 24.3 Å². The van der Waals surface area contributed by atoms with Crippen molar-refractivity contribution in [3.05, 3.63) is 0 Å². The first-order valence-electron chi connectivity index (χ1n) is 25.1. The first-order valence-corrected chi connectivity index (χ1v) is 31.1. The zero-order valence-corrected chi connectivity index (χ0v) is 43.6. The van der Waals surface area contributed by atoms with E-state index in [2.05, 4.69) is 43.2 Å². The highest BCUT2D eigenvalue weighted by molar-refractivity contribution is 8.25. The third-order valence-electron chi connectivity index (χ3n) is 11.8. The Morgan fingerprint density at radius 3 is 0.818 bits per heavy atom. The second-order valence-electron chi connectivity index (χ2n) is 17.4. The van der Waals surface area contributed by atoms with Crippen molar-refractivity contribution >= 4 is 40.1 Å². The van der Waals surface area contributed by atoms with E-state index in [4.69, 9.17) is 21.0 Å². The summed E-state index contributed by atoms with van der Waals surface area (Å²) in [5, 5.41) is 32.7. The van der Waals surface area contributed by atoms with Crippen LogP contribution in [0.15, 0.2) is 0 Å². The molecule has 20 heteroatoms. The molecule has 0 fully saturated rings. The Balaban J connectivity index is 6.88. The molecule has 1 atom stereocenters. The summed E-state index contributed by atoms with van der Waals surface area (Å²) in [5.74, 6) is 0. The molecule has 0 aromatic carbocycles. The van der Waals surface area contributed by atoms with Gasteiger partial charge in [0.1, 0.15) is 5.25 Å². The molecule has 0 amide bonds. The van der Waals surface area contributed by atoms with Crippen LogP contribution in [0.1, 0.15) is 232 Å². The molecule has 0 bridgehead atoms. The van der Waals surface area contributed by atoms with E-state index in [0.29, 0.717) is 64.2 Å². The summed E-state index contributed by atoms with van der Waals surface area (Å²) < 4.78 is 125. The van der Waals surface area contributed by atoms with Crippen molar-refractivity contribution in [1.82, 2.24) is 18.9 Å². The molecule has 0 aliphatic carbocycles. The lowest BCUT2D eigenvalue weighted by atomic mass is 10.1. The summed E-state index contributed by atoms with van der Waals surface area (Å²) in [5.41, 5.74) is 0. The van der Waals surface area contributed by atoms with Gasteiger partial charge in [0, 0.05) is 51.9 Å². The number of nitriles is 4. The van der Waals surface area contributed by atoms with Gasteiger partial charge in [0.15, 0.2) is 0 Å². The molecule has 0 spiro atoms. The standard InChI is InChI=1S/C46H86N8O8S4/c1-2-3-36-45(63(55,56)51-41-32-24-16-8-4-12-20-28-37-47)46(64(57,58)52-42-33-25-17-9-5-13-21-29-38-48,65(59,60)53-43-34-26-18-10-6-14-22-30-39-49)66(61,62)54-44-35-27-19-11-7-15-23-31-40-50/h45,51-54H,2-36,41-44H2,1H3. The van der Waals surface area contributed by atoms with Gasteiger partial charge >= 0.3 is 3.41 Å². The molecule has 0 aliphatic heterocycles. The Kier molecular flexibility index (Phi) is 38.0. The normalized spacial score (nSPS) is 12.9. The van der Waals surface area contributed by atoms with Crippen molar-refractivity contribution in [1.29, 1.82) is 21.0 Å². The van der Waals surface area contributed by atoms with Crippen LogP contribution in [-0.4, -0.2) is 68.5 Å². The highest BCUT2D eigenvalue weighted by Gasteiger charge is 2.72. The molecule has 382 valence electrons. The minimum Gasteiger partial charge on any atom is -0.215 e. The van der Waals surface area contributed by atoms with Gasteiger partial charge in [-0.15, -0.1) is 0 Å². The quantitative estimate of drug-likeness (QED) is 0.0415. The first-order chi connectivity index (χ1) is 31.7. The van der Waals surface area contributed by atoms with Crippen LogP contribution >= 0.6 is 0 Å². The number of sulfonamides is 4. The van der Waals surface area contributed by atoms with Gasteiger partial charge in [-0.2, -0.15) is 21.0 Å². The summed E-state index contributed by atoms with van der Waals surface area (Å²) in [6.45, 7) is 0.652. The Labute approximate surface area is 402 Å². The van der Waals surface area contributed by atoms with Gasteiger partial charge in [0.05, 0.1) is 24.3 Å². The molecular formula is C46H86N8O8S4. The van der Waals surface area contributed by atoms with E-state index < -0.39 is 55.2 Å². The van der Waals surface area contributed by atoms with Gasteiger partial charge in [-0.25, -0.2) is 52.6 Å². The molecule has 0 saturated carbocycles.